The number of hydrogen-bond acceptors (Lipinski definition) is 4. The van der Waals surface area contributed by atoms with Gasteiger partial charge in [-0.2, -0.15) is 0 Å². The standard InChI is InChI=1S/C2H5NO2.2C2H4O2.Ca.2H/c3-1-2(4)5;2*1-2(3)4;;;/h1,3H2,(H,4,5);2*1H3,(H,3,4);;;. The third-order valence-corrected chi connectivity index (χ3v) is 0.175. The molecule has 0 spiro atoms. The van der Waals surface area contributed by atoms with Crippen molar-refractivity contribution in [2.24, 2.45) is 5.73 Å². The van der Waals surface area contributed by atoms with Gasteiger partial charge in [0.1, 0.15) is 0 Å². The Labute approximate surface area is 111 Å². The van der Waals surface area contributed by atoms with Crippen LogP contribution >= 0.6 is 0 Å². The fraction of sp³-hybridized carbons (Fsp3) is 0.500. The quantitative estimate of drug-likeness (QED) is 0.398. The van der Waals surface area contributed by atoms with E-state index in [1.54, 1.807) is 0 Å². The van der Waals surface area contributed by atoms with Crippen molar-refractivity contribution in [1.29, 1.82) is 0 Å². The van der Waals surface area contributed by atoms with Crippen molar-refractivity contribution < 1.29 is 29.7 Å². The molecule has 14 heavy (non-hydrogen) atoms. The van der Waals surface area contributed by atoms with Gasteiger partial charge in [0.25, 0.3) is 11.9 Å². The monoisotopic (exact) mass is 237 g/mol. The zero-order valence-electron chi connectivity index (χ0n) is 7.35. The second-order valence-electron chi connectivity index (χ2n) is 1.64. The molecule has 0 rings (SSSR count). The molecule has 0 fully saturated rings. The van der Waals surface area contributed by atoms with Crippen molar-refractivity contribution >= 4 is 55.6 Å². The Bertz CT molecular complexity index is 152. The van der Waals surface area contributed by atoms with E-state index in [1.807, 2.05) is 0 Å². The Morgan fingerprint density at radius 3 is 1.07 bits per heavy atom. The van der Waals surface area contributed by atoms with Gasteiger partial charge in [-0.25, -0.2) is 0 Å². The Kier molecular flexibility index (Phi) is 30.8. The van der Waals surface area contributed by atoms with Crippen LogP contribution in [0, 0.1) is 0 Å². The van der Waals surface area contributed by atoms with Crippen LogP contribution in [0.15, 0.2) is 0 Å². The summed E-state index contributed by atoms with van der Waals surface area (Å²) in [5.74, 6) is -2.63. The van der Waals surface area contributed by atoms with Gasteiger partial charge in [0.05, 0.1) is 6.54 Å². The molecule has 7 nitrogen and oxygen atoms in total. The molecular weight excluding hydrogens is 222 g/mol. The van der Waals surface area contributed by atoms with E-state index < -0.39 is 17.9 Å². The molecule has 0 aliphatic carbocycles. The third kappa shape index (κ3) is 495. The molecule has 0 amide bonds. The van der Waals surface area contributed by atoms with Crippen molar-refractivity contribution in [3.05, 3.63) is 0 Å². The molecule has 0 saturated heterocycles. The number of aliphatic carboxylic acids is 3. The first-order valence-electron chi connectivity index (χ1n) is 3.04. The summed E-state index contributed by atoms with van der Waals surface area (Å²) in [4.78, 5) is 27.2. The van der Waals surface area contributed by atoms with Crippen LogP contribution in [0.5, 0.6) is 0 Å². The minimum atomic E-state index is -0.968. The van der Waals surface area contributed by atoms with E-state index in [2.05, 4.69) is 5.73 Å². The van der Waals surface area contributed by atoms with Gasteiger partial charge in [0, 0.05) is 13.8 Å². The van der Waals surface area contributed by atoms with E-state index in [0.29, 0.717) is 0 Å². The molecule has 0 atom stereocenters. The third-order valence-electron chi connectivity index (χ3n) is 0.175. The van der Waals surface area contributed by atoms with Gasteiger partial charge in [-0.3, -0.25) is 14.4 Å². The number of carboxylic acids is 3. The number of hydrogen-bond donors (Lipinski definition) is 4. The van der Waals surface area contributed by atoms with Crippen molar-refractivity contribution in [2.45, 2.75) is 13.8 Å². The zero-order chi connectivity index (χ0) is 11.4. The van der Waals surface area contributed by atoms with Gasteiger partial charge in [0.15, 0.2) is 0 Å². The molecule has 0 aliphatic rings. The predicted octanol–water partition coefficient (Wildman–Crippen LogP) is -1.70. The summed E-state index contributed by atoms with van der Waals surface area (Å²) in [6.07, 6.45) is 0. The number of carbonyl (C=O) groups is 3. The Hall–Kier alpha value is -0.370. The Morgan fingerprint density at radius 1 is 1.00 bits per heavy atom. The predicted molar refractivity (Wildman–Crippen MR) is 51.9 cm³/mol. The Morgan fingerprint density at radius 2 is 1.07 bits per heavy atom. The van der Waals surface area contributed by atoms with Crippen molar-refractivity contribution in [3.8, 4) is 0 Å². The molecule has 0 saturated carbocycles. The van der Waals surface area contributed by atoms with E-state index >= 15 is 0 Å². The first kappa shape index (κ1) is 23.4. The van der Waals surface area contributed by atoms with Crippen molar-refractivity contribution in [2.75, 3.05) is 6.54 Å². The Balaban J connectivity index is -0.0000000522. The van der Waals surface area contributed by atoms with Gasteiger partial charge in [-0.1, -0.05) is 0 Å². The molecule has 0 heterocycles. The summed E-state index contributed by atoms with van der Waals surface area (Å²) in [5.41, 5.74) is 4.57. The molecule has 0 unspecified atom stereocenters. The molecule has 0 aromatic rings. The normalized spacial score (nSPS) is 6.21. The molecular formula is C6H15CaNO6. The van der Waals surface area contributed by atoms with E-state index in [-0.39, 0.29) is 44.3 Å². The van der Waals surface area contributed by atoms with Crippen LogP contribution in [0.4, 0.5) is 0 Å². The summed E-state index contributed by atoms with van der Waals surface area (Å²) < 4.78 is 0. The summed E-state index contributed by atoms with van der Waals surface area (Å²) in [7, 11) is 0. The van der Waals surface area contributed by atoms with Crippen LogP contribution in [0.1, 0.15) is 13.8 Å². The van der Waals surface area contributed by atoms with Gasteiger partial charge in [-0.05, 0) is 0 Å². The fourth-order valence-electron chi connectivity index (χ4n) is 0. The molecule has 82 valence electrons. The van der Waals surface area contributed by atoms with Gasteiger partial charge in [-0.15, -0.1) is 0 Å². The minimum absolute atomic E-state index is 0. The van der Waals surface area contributed by atoms with Crippen LogP contribution < -0.4 is 5.73 Å². The maximum absolute atomic E-state index is 9.24. The molecule has 0 aliphatic heterocycles. The average molecular weight is 237 g/mol. The number of nitrogens with two attached hydrogens (primary N) is 1. The molecule has 0 aromatic heterocycles. The zero-order valence-corrected chi connectivity index (χ0v) is 7.35. The number of rotatable bonds is 1. The molecule has 0 bridgehead atoms. The van der Waals surface area contributed by atoms with E-state index in [0.717, 1.165) is 13.8 Å². The summed E-state index contributed by atoms with van der Waals surface area (Å²) in [6.45, 7) is 1.89. The van der Waals surface area contributed by atoms with Crippen LogP contribution in [0.3, 0.4) is 0 Å². The summed E-state index contributed by atoms with van der Waals surface area (Å²) in [5, 5.41) is 22.4. The average Bonchev–Trinajstić information content (AvgIpc) is 1.84. The van der Waals surface area contributed by atoms with E-state index in [1.165, 1.54) is 0 Å². The van der Waals surface area contributed by atoms with Crippen LogP contribution in [-0.4, -0.2) is 77.5 Å². The summed E-state index contributed by atoms with van der Waals surface area (Å²) >= 11 is 0. The van der Waals surface area contributed by atoms with Gasteiger partial charge >= 0.3 is 43.7 Å². The van der Waals surface area contributed by atoms with Crippen LogP contribution in [0.2, 0.25) is 0 Å². The number of carboxylic acid groups (broad SMARTS) is 3. The summed E-state index contributed by atoms with van der Waals surface area (Å²) in [6, 6.07) is 0. The maximum atomic E-state index is 9.24. The molecule has 8 heteroatoms. The molecule has 0 radical (unpaired) electrons. The van der Waals surface area contributed by atoms with E-state index in [9.17, 15) is 4.79 Å². The van der Waals surface area contributed by atoms with E-state index in [4.69, 9.17) is 24.9 Å². The van der Waals surface area contributed by atoms with Crippen LogP contribution in [-0.2, 0) is 14.4 Å². The SMILES string of the molecule is CC(=O)O.CC(=O)O.NCC(=O)O.[CaH2]. The van der Waals surface area contributed by atoms with Gasteiger partial charge < -0.3 is 21.1 Å². The second kappa shape index (κ2) is 18.4. The first-order chi connectivity index (χ1) is 5.73. The second-order valence-corrected chi connectivity index (χ2v) is 1.64. The van der Waals surface area contributed by atoms with Crippen molar-refractivity contribution in [1.82, 2.24) is 0 Å². The molecule has 5 N–H and O–H groups in total. The van der Waals surface area contributed by atoms with Gasteiger partial charge in [0.2, 0.25) is 0 Å². The van der Waals surface area contributed by atoms with Crippen molar-refractivity contribution in [3.63, 3.8) is 0 Å². The first-order valence-corrected chi connectivity index (χ1v) is 3.04. The van der Waals surface area contributed by atoms with Crippen LogP contribution in [0.25, 0.3) is 0 Å². The molecule has 0 aromatic carbocycles. The fourth-order valence-corrected chi connectivity index (χ4v) is 0. The topological polar surface area (TPSA) is 138 Å².